The molecule has 0 fully saturated rings. The van der Waals surface area contributed by atoms with Crippen LogP contribution in [-0.4, -0.2) is 12.5 Å². The molecule has 0 aliphatic heterocycles. The van der Waals surface area contributed by atoms with Crippen molar-refractivity contribution in [2.45, 2.75) is 13.5 Å². The first-order valence-corrected chi connectivity index (χ1v) is 6.64. The highest BCUT2D eigenvalue weighted by Gasteiger charge is 2.05. The second kappa shape index (κ2) is 6.65. The molecule has 0 aliphatic rings. The van der Waals surface area contributed by atoms with Crippen LogP contribution in [0.3, 0.4) is 0 Å². The first kappa shape index (κ1) is 14.7. The molecule has 5 heteroatoms. The van der Waals surface area contributed by atoms with E-state index in [4.69, 9.17) is 20.9 Å². The van der Waals surface area contributed by atoms with Crippen LogP contribution in [0, 0.1) is 0 Å². The number of benzene rings is 2. The molecule has 0 saturated heterocycles. The highest BCUT2D eigenvalue weighted by atomic mass is 16.5. The quantitative estimate of drug-likeness (QED) is 0.798. The predicted octanol–water partition coefficient (Wildman–Crippen LogP) is 2.35. The average molecular weight is 286 g/mol. The van der Waals surface area contributed by atoms with E-state index in [0.717, 1.165) is 17.1 Å². The number of hydrogen-bond acceptors (Lipinski definition) is 4. The van der Waals surface area contributed by atoms with Gasteiger partial charge in [-0.25, -0.2) is 0 Å². The second-order valence-corrected chi connectivity index (χ2v) is 4.47. The van der Waals surface area contributed by atoms with Crippen LogP contribution >= 0.6 is 0 Å². The largest absolute Gasteiger partial charge is 0.494 e. The Morgan fingerprint density at radius 3 is 2.19 bits per heavy atom. The van der Waals surface area contributed by atoms with E-state index in [0.29, 0.717) is 24.5 Å². The fourth-order valence-electron chi connectivity index (χ4n) is 1.84. The van der Waals surface area contributed by atoms with Crippen molar-refractivity contribution in [2.75, 3.05) is 12.3 Å². The maximum Gasteiger partial charge on any atom is 0.248 e. The number of carbonyl (C=O) groups is 1. The Hall–Kier alpha value is -2.69. The van der Waals surface area contributed by atoms with Crippen LogP contribution < -0.4 is 20.9 Å². The Bertz CT molecular complexity index is 624. The van der Waals surface area contributed by atoms with Crippen molar-refractivity contribution in [1.82, 2.24) is 0 Å². The lowest BCUT2D eigenvalue weighted by Gasteiger charge is -2.10. The number of nitrogen functional groups attached to an aromatic ring is 1. The number of primary amides is 1. The van der Waals surface area contributed by atoms with Crippen molar-refractivity contribution in [2.24, 2.45) is 5.73 Å². The van der Waals surface area contributed by atoms with Gasteiger partial charge in [0.25, 0.3) is 0 Å². The van der Waals surface area contributed by atoms with Gasteiger partial charge >= 0.3 is 0 Å². The maximum absolute atomic E-state index is 11.1. The minimum atomic E-state index is -0.499. The van der Waals surface area contributed by atoms with Crippen molar-refractivity contribution in [1.29, 1.82) is 0 Å². The molecule has 0 radical (unpaired) electrons. The number of hydrogen-bond donors (Lipinski definition) is 2. The number of anilines is 1. The van der Waals surface area contributed by atoms with Crippen molar-refractivity contribution in [3.8, 4) is 11.5 Å². The topological polar surface area (TPSA) is 87.6 Å². The van der Waals surface area contributed by atoms with Gasteiger partial charge < -0.3 is 20.9 Å². The summed E-state index contributed by atoms with van der Waals surface area (Å²) in [5, 5.41) is 0. The Morgan fingerprint density at radius 1 is 1.05 bits per heavy atom. The lowest BCUT2D eigenvalue weighted by Crippen LogP contribution is -2.12. The molecule has 5 nitrogen and oxygen atoms in total. The zero-order chi connectivity index (χ0) is 15.2. The number of nitrogens with two attached hydrogens (primary N) is 2. The summed E-state index contributed by atoms with van der Waals surface area (Å²) in [5.41, 5.74) is 12.7. The fraction of sp³-hybridized carbons (Fsp3) is 0.188. The third-order valence-corrected chi connectivity index (χ3v) is 2.96. The Kier molecular flexibility index (Phi) is 4.66. The summed E-state index contributed by atoms with van der Waals surface area (Å²) < 4.78 is 11.0. The van der Waals surface area contributed by atoms with Crippen LogP contribution in [-0.2, 0) is 6.61 Å². The van der Waals surface area contributed by atoms with E-state index in [9.17, 15) is 4.79 Å². The Labute approximate surface area is 123 Å². The SMILES string of the molecule is CCOc1ccc(OCc2ccc(C(N)=O)cc2N)cc1. The highest BCUT2D eigenvalue weighted by molar-refractivity contribution is 5.93. The van der Waals surface area contributed by atoms with Crippen LogP contribution in [0.2, 0.25) is 0 Å². The van der Waals surface area contributed by atoms with Crippen molar-refractivity contribution in [3.05, 3.63) is 53.6 Å². The molecule has 110 valence electrons. The summed E-state index contributed by atoms with van der Waals surface area (Å²) in [6.45, 7) is 2.88. The van der Waals surface area contributed by atoms with Crippen molar-refractivity contribution >= 4 is 11.6 Å². The van der Waals surface area contributed by atoms with E-state index in [1.165, 1.54) is 0 Å². The molecule has 0 bridgehead atoms. The summed E-state index contributed by atoms with van der Waals surface area (Å²) in [4.78, 5) is 11.1. The van der Waals surface area contributed by atoms with Gasteiger partial charge in [0.05, 0.1) is 6.61 Å². The highest BCUT2D eigenvalue weighted by Crippen LogP contribution is 2.20. The van der Waals surface area contributed by atoms with Crippen LogP contribution in [0.1, 0.15) is 22.8 Å². The molecule has 0 heterocycles. The normalized spacial score (nSPS) is 10.1. The molecule has 2 rings (SSSR count). The lowest BCUT2D eigenvalue weighted by atomic mass is 10.1. The maximum atomic E-state index is 11.1. The lowest BCUT2D eigenvalue weighted by molar-refractivity contribution is 0.100. The molecule has 0 saturated carbocycles. The fourth-order valence-corrected chi connectivity index (χ4v) is 1.84. The molecular weight excluding hydrogens is 268 g/mol. The number of rotatable bonds is 6. The third kappa shape index (κ3) is 3.89. The van der Waals surface area contributed by atoms with Crippen LogP contribution in [0.4, 0.5) is 5.69 Å². The van der Waals surface area contributed by atoms with Crippen molar-refractivity contribution in [3.63, 3.8) is 0 Å². The Balaban J connectivity index is 2.01. The van der Waals surface area contributed by atoms with Crippen LogP contribution in [0.25, 0.3) is 0 Å². The molecule has 2 aromatic carbocycles. The first-order chi connectivity index (χ1) is 10.1. The van der Waals surface area contributed by atoms with E-state index in [1.54, 1.807) is 18.2 Å². The second-order valence-electron chi connectivity index (χ2n) is 4.47. The minimum Gasteiger partial charge on any atom is -0.494 e. The summed E-state index contributed by atoms with van der Waals surface area (Å²) in [6.07, 6.45) is 0. The molecule has 0 spiro atoms. The van der Waals surface area contributed by atoms with Gasteiger partial charge in [-0.1, -0.05) is 6.07 Å². The van der Waals surface area contributed by atoms with Gasteiger partial charge in [0.15, 0.2) is 0 Å². The van der Waals surface area contributed by atoms with Gasteiger partial charge in [0.2, 0.25) is 5.91 Å². The van der Waals surface area contributed by atoms with E-state index in [1.807, 2.05) is 31.2 Å². The zero-order valence-corrected chi connectivity index (χ0v) is 11.8. The molecule has 0 unspecified atom stereocenters. The summed E-state index contributed by atoms with van der Waals surface area (Å²) in [6, 6.07) is 12.3. The van der Waals surface area contributed by atoms with E-state index >= 15 is 0 Å². The molecule has 21 heavy (non-hydrogen) atoms. The van der Waals surface area contributed by atoms with Gasteiger partial charge in [-0.3, -0.25) is 4.79 Å². The monoisotopic (exact) mass is 286 g/mol. The molecule has 1 amide bonds. The van der Waals surface area contributed by atoms with Gasteiger partial charge in [0, 0.05) is 16.8 Å². The van der Waals surface area contributed by atoms with E-state index < -0.39 is 5.91 Å². The van der Waals surface area contributed by atoms with E-state index in [-0.39, 0.29) is 0 Å². The molecule has 4 N–H and O–H groups in total. The summed E-state index contributed by atoms with van der Waals surface area (Å²) >= 11 is 0. The summed E-state index contributed by atoms with van der Waals surface area (Å²) in [7, 11) is 0. The molecule has 2 aromatic rings. The van der Waals surface area contributed by atoms with Gasteiger partial charge in [-0.15, -0.1) is 0 Å². The first-order valence-electron chi connectivity index (χ1n) is 6.64. The zero-order valence-electron chi connectivity index (χ0n) is 11.8. The average Bonchev–Trinajstić information content (AvgIpc) is 2.47. The molecule has 0 aromatic heterocycles. The number of carbonyl (C=O) groups excluding carboxylic acids is 1. The third-order valence-electron chi connectivity index (χ3n) is 2.96. The van der Waals surface area contributed by atoms with Crippen LogP contribution in [0.5, 0.6) is 11.5 Å². The van der Waals surface area contributed by atoms with Gasteiger partial charge in [-0.2, -0.15) is 0 Å². The minimum absolute atomic E-state index is 0.318. The predicted molar refractivity (Wildman–Crippen MR) is 81.3 cm³/mol. The smallest absolute Gasteiger partial charge is 0.248 e. The molecule has 0 atom stereocenters. The molecular formula is C16H18N2O3. The standard InChI is InChI=1S/C16H18N2O3/c1-2-20-13-5-7-14(8-6-13)21-10-12-4-3-11(16(18)19)9-15(12)17/h3-9H,2,10,17H2,1H3,(H2,18,19). The summed E-state index contributed by atoms with van der Waals surface area (Å²) in [5.74, 6) is 1.02. The van der Waals surface area contributed by atoms with Crippen LogP contribution in [0.15, 0.2) is 42.5 Å². The number of ether oxygens (including phenoxy) is 2. The molecule has 0 aliphatic carbocycles. The van der Waals surface area contributed by atoms with Gasteiger partial charge in [0.1, 0.15) is 18.1 Å². The van der Waals surface area contributed by atoms with Gasteiger partial charge in [-0.05, 0) is 43.3 Å². The Morgan fingerprint density at radius 2 is 1.67 bits per heavy atom. The van der Waals surface area contributed by atoms with E-state index in [2.05, 4.69) is 0 Å². The number of amides is 1. The van der Waals surface area contributed by atoms with Crippen molar-refractivity contribution < 1.29 is 14.3 Å².